The largest absolute Gasteiger partial charge is 0.312 e. The van der Waals surface area contributed by atoms with E-state index in [1.807, 2.05) is 42.5 Å². The minimum absolute atomic E-state index is 0.0486. The van der Waals surface area contributed by atoms with Crippen molar-refractivity contribution in [2.75, 3.05) is 6.54 Å². The molecule has 1 N–H and O–H groups in total. The van der Waals surface area contributed by atoms with E-state index in [0.717, 1.165) is 24.8 Å². The van der Waals surface area contributed by atoms with E-state index in [4.69, 9.17) is 23.2 Å². The van der Waals surface area contributed by atoms with E-state index in [1.54, 1.807) is 6.20 Å². The zero-order valence-corrected chi connectivity index (χ0v) is 16.1. The molecule has 4 nitrogen and oxygen atoms in total. The minimum atomic E-state index is -0.0486. The lowest BCUT2D eigenvalue weighted by Gasteiger charge is -2.15. The average Bonchev–Trinajstić information content (AvgIpc) is 2.64. The lowest BCUT2D eigenvalue weighted by Crippen LogP contribution is -2.36. The van der Waals surface area contributed by atoms with Gasteiger partial charge < -0.3 is 5.32 Å². The van der Waals surface area contributed by atoms with Gasteiger partial charge in [0.1, 0.15) is 0 Å². The van der Waals surface area contributed by atoms with Crippen molar-refractivity contribution in [1.82, 2.24) is 15.1 Å². The Morgan fingerprint density at radius 1 is 1.15 bits per heavy atom. The van der Waals surface area contributed by atoms with Crippen LogP contribution >= 0.6 is 23.2 Å². The third kappa shape index (κ3) is 4.64. The molecule has 3 rings (SSSR count). The topological polar surface area (TPSA) is 46.9 Å². The van der Waals surface area contributed by atoms with Gasteiger partial charge in [-0.15, -0.1) is 0 Å². The van der Waals surface area contributed by atoms with Crippen molar-refractivity contribution >= 4 is 34.0 Å². The van der Waals surface area contributed by atoms with E-state index in [-0.39, 0.29) is 11.6 Å². The highest BCUT2D eigenvalue weighted by Crippen LogP contribution is 2.23. The molecule has 0 aliphatic rings. The fraction of sp³-hybridized carbons (Fsp3) is 0.300. The summed E-state index contributed by atoms with van der Waals surface area (Å²) in [5.41, 5.74) is 1.12. The fourth-order valence-corrected chi connectivity index (χ4v) is 3.24. The van der Waals surface area contributed by atoms with Crippen molar-refractivity contribution in [1.29, 1.82) is 0 Å². The molecular formula is C20H21Cl2N3O. The van der Waals surface area contributed by atoms with Gasteiger partial charge in [0.05, 0.1) is 28.2 Å². The molecule has 0 radical (unpaired) electrons. The number of benzene rings is 2. The van der Waals surface area contributed by atoms with Crippen LogP contribution in [0.5, 0.6) is 0 Å². The van der Waals surface area contributed by atoms with Crippen LogP contribution in [-0.4, -0.2) is 22.4 Å². The van der Waals surface area contributed by atoms with Crippen molar-refractivity contribution in [3.05, 3.63) is 74.6 Å². The fourth-order valence-electron chi connectivity index (χ4n) is 2.92. The molecule has 0 saturated heterocycles. The van der Waals surface area contributed by atoms with E-state index < -0.39 is 0 Å². The lowest BCUT2D eigenvalue weighted by molar-refractivity contribution is 0.438. The van der Waals surface area contributed by atoms with Crippen LogP contribution in [0.1, 0.15) is 18.9 Å². The van der Waals surface area contributed by atoms with Crippen LogP contribution in [0.25, 0.3) is 10.8 Å². The molecule has 0 amide bonds. The molecule has 3 aromatic rings. The maximum absolute atomic E-state index is 12.5. The van der Waals surface area contributed by atoms with Gasteiger partial charge in [-0.1, -0.05) is 47.5 Å². The highest BCUT2D eigenvalue weighted by molar-refractivity contribution is 6.42. The molecule has 0 spiro atoms. The van der Waals surface area contributed by atoms with Crippen LogP contribution in [0.15, 0.2) is 53.5 Å². The Morgan fingerprint density at radius 2 is 1.96 bits per heavy atom. The molecule has 2 aromatic carbocycles. The zero-order valence-electron chi connectivity index (χ0n) is 14.6. The second-order valence-electron chi connectivity index (χ2n) is 6.43. The van der Waals surface area contributed by atoms with Crippen LogP contribution in [-0.2, 0) is 13.0 Å². The Hall–Kier alpha value is -1.88. The van der Waals surface area contributed by atoms with Gasteiger partial charge in [0.25, 0.3) is 5.56 Å². The summed E-state index contributed by atoms with van der Waals surface area (Å²) in [6.07, 6.45) is 3.64. The standard InChI is InChI=1S/C20H21Cl2N3O/c1-14(23-10-4-5-15-8-9-18(21)19(22)11-15)13-25-20(26)17-7-3-2-6-16(17)12-24-25/h2-3,6-9,11-12,14,23H,4-5,10,13H2,1H3/t14-/m1/s1. The summed E-state index contributed by atoms with van der Waals surface area (Å²) in [5, 5.41) is 10.5. The summed E-state index contributed by atoms with van der Waals surface area (Å²) in [6.45, 7) is 3.45. The van der Waals surface area contributed by atoms with E-state index in [1.165, 1.54) is 10.2 Å². The number of aromatic nitrogens is 2. The number of rotatable bonds is 7. The first-order valence-corrected chi connectivity index (χ1v) is 9.42. The molecule has 6 heteroatoms. The third-order valence-electron chi connectivity index (χ3n) is 4.33. The van der Waals surface area contributed by atoms with Crippen LogP contribution < -0.4 is 10.9 Å². The van der Waals surface area contributed by atoms with Gasteiger partial charge in [-0.25, -0.2) is 4.68 Å². The van der Waals surface area contributed by atoms with E-state index in [2.05, 4.69) is 17.3 Å². The van der Waals surface area contributed by atoms with Crippen molar-refractivity contribution in [2.45, 2.75) is 32.4 Å². The highest BCUT2D eigenvalue weighted by Gasteiger charge is 2.08. The summed E-state index contributed by atoms with van der Waals surface area (Å²) in [7, 11) is 0. The highest BCUT2D eigenvalue weighted by atomic mass is 35.5. The van der Waals surface area contributed by atoms with Crippen LogP contribution in [0, 0.1) is 0 Å². The SMILES string of the molecule is C[C@H](Cn1ncc2ccccc2c1=O)NCCCc1ccc(Cl)c(Cl)c1. The van der Waals surface area contributed by atoms with Gasteiger partial charge in [0.2, 0.25) is 0 Å². The smallest absolute Gasteiger partial charge is 0.274 e. The first kappa shape index (κ1) is 18.9. The molecular weight excluding hydrogens is 369 g/mol. The predicted molar refractivity (Wildman–Crippen MR) is 108 cm³/mol. The Morgan fingerprint density at radius 3 is 2.77 bits per heavy atom. The molecule has 1 atom stereocenters. The van der Waals surface area contributed by atoms with Gasteiger partial charge in [-0.3, -0.25) is 4.79 Å². The van der Waals surface area contributed by atoms with E-state index in [0.29, 0.717) is 22.0 Å². The molecule has 0 fully saturated rings. The Labute approximate surface area is 162 Å². The van der Waals surface area contributed by atoms with E-state index in [9.17, 15) is 4.79 Å². The Bertz CT molecular complexity index is 955. The Balaban J connectivity index is 1.51. The second kappa shape index (κ2) is 8.67. The number of halogens is 2. The van der Waals surface area contributed by atoms with Crippen molar-refractivity contribution in [3.63, 3.8) is 0 Å². The lowest BCUT2D eigenvalue weighted by atomic mass is 10.1. The molecule has 0 unspecified atom stereocenters. The molecule has 0 saturated carbocycles. The predicted octanol–water partition coefficient (Wildman–Crippen LogP) is 4.31. The van der Waals surface area contributed by atoms with Crippen molar-refractivity contribution in [3.8, 4) is 0 Å². The maximum Gasteiger partial charge on any atom is 0.274 e. The molecule has 136 valence electrons. The van der Waals surface area contributed by atoms with Crippen LogP contribution in [0.2, 0.25) is 10.0 Å². The molecule has 1 aromatic heterocycles. The van der Waals surface area contributed by atoms with Crippen LogP contribution in [0.4, 0.5) is 0 Å². The maximum atomic E-state index is 12.5. The minimum Gasteiger partial charge on any atom is -0.312 e. The second-order valence-corrected chi connectivity index (χ2v) is 7.24. The summed E-state index contributed by atoms with van der Waals surface area (Å²) >= 11 is 12.0. The Kier molecular flexibility index (Phi) is 6.30. The van der Waals surface area contributed by atoms with Gasteiger partial charge in [0.15, 0.2) is 0 Å². The quantitative estimate of drug-likeness (QED) is 0.612. The summed E-state index contributed by atoms with van der Waals surface area (Å²) in [5.74, 6) is 0. The number of hydrogen-bond donors (Lipinski definition) is 1. The molecule has 0 aliphatic heterocycles. The number of aryl methyl sites for hydroxylation is 1. The van der Waals surface area contributed by atoms with E-state index >= 15 is 0 Å². The first-order valence-electron chi connectivity index (χ1n) is 8.67. The molecule has 0 aliphatic carbocycles. The normalized spacial score (nSPS) is 12.4. The molecule has 0 bridgehead atoms. The summed E-state index contributed by atoms with van der Waals surface area (Å²) in [4.78, 5) is 12.5. The first-order chi connectivity index (χ1) is 12.5. The number of hydrogen-bond acceptors (Lipinski definition) is 3. The van der Waals surface area contributed by atoms with Gasteiger partial charge >= 0.3 is 0 Å². The monoisotopic (exact) mass is 389 g/mol. The van der Waals surface area contributed by atoms with Crippen LogP contribution in [0.3, 0.4) is 0 Å². The third-order valence-corrected chi connectivity index (χ3v) is 5.07. The summed E-state index contributed by atoms with van der Waals surface area (Å²) in [6, 6.07) is 13.4. The molecule has 26 heavy (non-hydrogen) atoms. The van der Waals surface area contributed by atoms with Crippen molar-refractivity contribution < 1.29 is 0 Å². The number of nitrogens with one attached hydrogen (secondary N) is 1. The number of fused-ring (bicyclic) bond motifs is 1. The zero-order chi connectivity index (χ0) is 18.5. The van der Waals surface area contributed by atoms with Gasteiger partial charge in [-0.2, -0.15) is 5.10 Å². The van der Waals surface area contributed by atoms with Crippen molar-refractivity contribution in [2.24, 2.45) is 0 Å². The summed E-state index contributed by atoms with van der Waals surface area (Å²) < 4.78 is 1.53. The van der Waals surface area contributed by atoms with Gasteiger partial charge in [0, 0.05) is 11.4 Å². The number of nitrogens with zero attached hydrogens (tertiary/aromatic N) is 2. The molecule has 1 heterocycles. The van der Waals surface area contributed by atoms with Gasteiger partial charge in [-0.05, 0) is 50.1 Å². The average molecular weight is 390 g/mol.